The lowest BCUT2D eigenvalue weighted by Crippen LogP contribution is -2.65. The van der Waals surface area contributed by atoms with Gasteiger partial charge in [0, 0.05) is 55.3 Å². The number of benzene rings is 1. The summed E-state index contributed by atoms with van der Waals surface area (Å²) < 4.78 is 42.3. The third kappa shape index (κ3) is 16.3. The summed E-state index contributed by atoms with van der Waals surface area (Å²) in [5.41, 5.74) is -4.35. The number of thiazole rings is 1. The van der Waals surface area contributed by atoms with E-state index in [1.165, 1.54) is 22.0 Å². The van der Waals surface area contributed by atoms with Crippen molar-refractivity contribution < 1.29 is 71.3 Å². The summed E-state index contributed by atoms with van der Waals surface area (Å²) >= 11 is 2.22. The minimum Gasteiger partial charge on any atom is -0.456 e. The molecule has 0 spiro atoms. The van der Waals surface area contributed by atoms with Crippen LogP contribution in [0.3, 0.4) is 0 Å². The Hall–Kier alpha value is -5.70. The summed E-state index contributed by atoms with van der Waals surface area (Å²) in [6.07, 6.45) is -1.53. The second kappa shape index (κ2) is 24.8. The van der Waals surface area contributed by atoms with Crippen LogP contribution in [0.1, 0.15) is 151 Å². The molecule has 3 heterocycles. The fourth-order valence-corrected chi connectivity index (χ4v) is 11.8. The molecule has 3 saturated carbocycles. The van der Waals surface area contributed by atoms with Crippen LogP contribution in [0, 0.1) is 17.3 Å². The molecule has 2 aliphatic heterocycles. The first-order valence-electron chi connectivity index (χ1n) is 27.1. The molecular weight excluding hydrogens is 1080 g/mol. The SMILES string of the molecule is CCN1CCN(C(=O)NC(C(=O)NC(Cc2ccc(SCCNCCNC(=O)OC(C)(C)C)c(C(=O)OC(C)(C)C)c2OC(=O)OC(C)(C)C)B2O[C@@H]3C[C@@H]4C[C@@H](C4(C)C)[C@]3(C)O2)c2csc(NC(=O)OC(C)(C)C)n2)C(=O)C1=O. The third-order valence-corrected chi connectivity index (χ3v) is 15.7. The van der Waals surface area contributed by atoms with E-state index in [0.717, 1.165) is 22.7 Å². The normalized spacial score (nSPS) is 21.6. The highest BCUT2D eigenvalue weighted by molar-refractivity contribution is 7.99. The number of urea groups is 1. The number of imide groups is 1. The molecule has 80 heavy (non-hydrogen) atoms. The summed E-state index contributed by atoms with van der Waals surface area (Å²) in [7, 11) is -1.18. The Morgan fingerprint density at radius 1 is 0.825 bits per heavy atom. The number of likely N-dealkylation sites (N-methyl/N-ethyl adjacent to an activating group) is 1. The van der Waals surface area contributed by atoms with Gasteiger partial charge in [-0.2, -0.15) is 0 Å². The van der Waals surface area contributed by atoms with Gasteiger partial charge in [0.05, 0.1) is 23.3 Å². The van der Waals surface area contributed by atoms with E-state index in [2.05, 4.69) is 45.4 Å². The van der Waals surface area contributed by atoms with E-state index in [0.29, 0.717) is 36.1 Å². The number of alkyl carbamates (subject to hydrolysis) is 1. The molecule has 2 unspecified atom stereocenters. The molecule has 2 bridgehead atoms. The van der Waals surface area contributed by atoms with Gasteiger partial charge < -0.3 is 59.2 Å². The van der Waals surface area contributed by atoms with E-state index < -0.39 is 95.2 Å². The summed E-state index contributed by atoms with van der Waals surface area (Å²) in [6.45, 7) is 29.8. The fourth-order valence-electron chi connectivity index (χ4n) is 10.1. The molecule has 23 nitrogen and oxygen atoms in total. The summed E-state index contributed by atoms with van der Waals surface area (Å²) in [5.74, 6) is -4.22. The summed E-state index contributed by atoms with van der Waals surface area (Å²) in [6, 6.07) is 0.607. The Balaban J connectivity index is 1.40. The summed E-state index contributed by atoms with van der Waals surface area (Å²) in [5, 5.41) is 15.6. The number of anilines is 1. The topological polar surface area (TPSA) is 281 Å². The fraction of sp³-hybridized carbons (Fsp3) is 0.685. The van der Waals surface area contributed by atoms with Gasteiger partial charge >= 0.3 is 49.3 Å². The Kier molecular flexibility index (Phi) is 19.7. The van der Waals surface area contributed by atoms with Crippen molar-refractivity contribution in [2.75, 3.05) is 50.3 Å². The first kappa shape index (κ1) is 63.5. The van der Waals surface area contributed by atoms with Crippen LogP contribution in [0.25, 0.3) is 0 Å². The van der Waals surface area contributed by atoms with Gasteiger partial charge in [0.2, 0.25) is 5.91 Å². The second-order valence-electron chi connectivity index (χ2n) is 25.1. The van der Waals surface area contributed by atoms with Gasteiger partial charge in [-0.3, -0.25) is 24.6 Å². The monoisotopic (exact) mass is 1160 g/mol. The molecule has 2 aromatic rings. The number of ether oxygens (including phenoxy) is 5. The average Bonchev–Trinajstić information content (AvgIpc) is 3.92. The van der Waals surface area contributed by atoms with Crippen LogP contribution in [0.5, 0.6) is 5.75 Å². The highest BCUT2D eigenvalue weighted by Gasteiger charge is 2.68. The van der Waals surface area contributed by atoms with Crippen molar-refractivity contribution in [3.05, 3.63) is 34.3 Å². The zero-order valence-corrected chi connectivity index (χ0v) is 50.7. The molecule has 3 aliphatic carbocycles. The van der Waals surface area contributed by atoms with Gasteiger partial charge in [0.15, 0.2) is 16.9 Å². The number of aromatic nitrogens is 1. The number of rotatable bonds is 18. The van der Waals surface area contributed by atoms with Gasteiger partial charge in [-0.25, -0.2) is 29.0 Å². The highest BCUT2D eigenvalue weighted by Crippen LogP contribution is 2.66. The van der Waals surface area contributed by atoms with E-state index >= 15 is 4.79 Å². The van der Waals surface area contributed by atoms with Crippen molar-refractivity contribution in [2.24, 2.45) is 17.3 Å². The van der Waals surface area contributed by atoms with Gasteiger partial charge in [0.1, 0.15) is 28.0 Å². The number of nitrogens with one attached hydrogen (secondary N) is 5. The number of hydrogen-bond donors (Lipinski definition) is 5. The average molecular weight is 1160 g/mol. The van der Waals surface area contributed by atoms with E-state index in [9.17, 15) is 33.6 Å². The van der Waals surface area contributed by atoms with E-state index in [-0.39, 0.29) is 77.7 Å². The number of piperazine rings is 1. The van der Waals surface area contributed by atoms with Gasteiger partial charge in [-0.05, 0) is 145 Å². The van der Waals surface area contributed by atoms with Crippen molar-refractivity contribution in [2.45, 2.75) is 181 Å². The van der Waals surface area contributed by atoms with E-state index in [1.54, 1.807) is 102 Å². The number of amides is 7. The van der Waals surface area contributed by atoms with Crippen LogP contribution in [-0.4, -0.2) is 155 Å². The zero-order valence-electron chi connectivity index (χ0n) is 49.0. The molecule has 5 fully saturated rings. The molecule has 0 radical (unpaired) electrons. The number of esters is 1. The molecule has 6 atom stereocenters. The van der Waals surface area contributed by atoms with Crippen molar-refractivity contribution in [3.63, 3.8) is 0 Å². The van der Waals surface area contributed by atoms with Crippen molar-refractivity contribution in [1.29, 1.82) is 0 Å². The van der Waals surface area contributed by atoms with Crippen LogP contribution >= 0.6 is 23.1 Å². The van der Waals surface area contributed by atoms with Crippen molar-refractivity contribution in [1.82, 2.24) is 36.1 Å². The molecule has 1 aromatic carbocycles. The number of hydrogen-bond acceptors (Lipinski definition) is 19. The predicted molar refractivity (Wildman–Crippen MR) is 299 cm³/mol. The van der Waals surface area contributed by atoms with Gasteiger partial charge in [-0.15, -0.1) is 23.1 Å². The number of carbonyl (C=O) groups excluding carboxylic acids is 8. The minimum absolute atomic E-state index is 0.0178. The van der Waals surface area contributed by atoms with Crippen molar-refractivity contribution >= 4 is 83.4 Å². The maximum absolute atomic E-state index is 15.3. The Labute approximate surface area is 477 Å². The van der Waals surface area contributed by atoms with Gasteiger partial charge in [-0.1, -0.05) is 19.9 Å². The largest absolute Gasteiger partial charge is 0.514 e. The van der Waals surface area contributed by atoms with Crippen LogP contribution < -0.4 is 31.3 Å². The molecule has 2 saturated heterocycles. The first-order valence-corrected chi connectivity index (χ1v) is 29.0. The molecule has 5 N–H and O–H groups in total. The quantitative estimate of drug-likeness (QED) is 0.0185. The molecule has 7 rings (SSSR count). The maximum atomic E-state index is 15.3. The zero-order chi connectivity index (χ0) is 59.5. The molecule has 1 aromatic heterocycles. The van der Waals surface area contributed by atoms with Crippen molar-refractivity contribution in [3.8, 4) is 5.75 Å². The number of nitrogens with zero attached hydrogens (tertiary/aromatic N) is 3. The van der Waals surface area contributed by atoms with Crippen LogP contribution in [0.15, 0.2) is 22.4 Å². The first-order chi connectivity index (χ1) is 37.0. The Morgan fingerprint density at radius 2 is 1.48 bits per heavy atom. The Morgan fingerprint density at radius 3 is 2.10 bits per heavy atom. The molecule has 7 amide bonds. The molecule has 5 aliphatic rings. The third-order valence-electron chi connectivity index (χ3n) is 13.8. The second-order valence-corrected chi connectivity index (χ2v) is 27.1. The van der Waals surface area contributed by atoms with Crippen LogP contribution in [-0.2, 0) is 49.1 Å². The lowest BCUT2D eigenvalue weighted by Gasteiger charge is -2.64. The minimum atomic E-state index is -1.68. The van der Waals surface area contributed by atoms with E-state index in [4.69, 9.17) is 33.0 Å². The lowest BCUT2D eigenvalue weighted by molar-refractivity contribution is -0.199. The highest BCUT2D eigenvalue weighted by atomic mass is 32.2. The maximum Gasteiger partial charge on any atom is 0.514 e. The number of thioether (sulfide) groups is 1. The molecule has 442 valence electrons. The predicted octanol–water partition coefficient (Wildman–Crippen LogP) is 7.40. The number of carbonyl (C=O) groups is 8. The smallest absolute Gasteiger partial charge is 0.456 e. The summed E-state index contributed by atoms with van der Waals surface area (Å²) in [4.78, 5) is 116. The van der Waals surface area contributed by atoms with Crippen LogP contribution in [0.2, 0.25) is 0 Å². The Bertz CT molecular complexity index is 2660. The molecular formula is C54H81BN8O15S2. The van der Waals surface area contributed by atoms with Crippen LogP contribution in [0.4, 0.5) is 24.3 Å². The lowest BCUT2D eigenvalue weighted by atomic mass is 9.43. The van der Waals surface area contributed by atoms with E-state index in [1.807, 2.05) is 6.92 Å². The molecule has 26 heteroatoms. The van der Waals surface area contributed by atoms with Gasteiger partial charge in [0.25, 0.3) is 0 Å². The standard InChI is InChI=1S/C54H81BN8O15S2/c1-17-62-23-24-63(42(66)41(62)65)45(68)60-38(32-29-80-44(58-32)61-47(70)75-51(8,9)10)40(64)59-36(55-77-35-28-31-27-34(53(31,14)15)54(35,16)78-55)26-30-18-19-33(79-25-22-56-20-21-57-46(69)74-50(5,6)7)37(43(67)73-49(2,3)4)39(30)72-48(71)76-52(11,12)13/h18-19,29,31,34-36,38,56H,17,20-28H2,1-16H3,(H,57,69)(H,59,64)(H,60,68)(H,58,61,70)/t31-,34-,35+,36?,38?,54-/m0/s1.